The fourth-order valence-electron chi connectivity index (χ4n) is 3.02. The Bertz CT molecular complexity index is 1060. The van der Waals surface area contributed by atoms with Gasteiger partial charge in [-0.1, -0.05) is 30.3 Å². The average molecular weight is 345 g/mol. The van der Waals surface area contributed by atoms with Crippen LogP contribution in [0.4, 0.5) is 0 Å². The number of rotatable bonds is 3. The Morgan fingerprint density at radius 3 is 2.65 bits per heavy atom. The normalized spacial score (nSPS) is 14.0. The van der Waals surface area contributed by atoms with Crippen LogP contribution in [0.25, 0.3) is 16.6 Å². The molecular weight excluding hydrogens is 326 g/mol. The lowest BCUT2D eigenvalue weighted by molar-refractivity contribution is 0.447. The van der Waals surface area contributed by atoms with Gasteiger partial charge in [0, 0.05) is 25.2 Å². The maximum Gasteiger partial charge on any atom is 0.150 e. The van der Waals surface area contributed by atoms with Crippen LogP contribution in [0, 0.1) is 5.41 Å². The number of allylic oxidation sites excluding steroid dienone is 1. The summed E-state index contributed by atoms with van der Waals surface area (Å²) in [6.45, 7) is 0.385. The zero-order valence-electron chi connectivity index (χ0n) is 14.6. The molecule has 4 rings (SSSR count). The highest BCUT2D eigenvalue weighted by Gasteiger charge is 2.23. The van der Waals surface area contributed by atoms with Gasteiger partial charge in [-0.15, -0.1) is 0 Å². The van der Waals surface area contributed by atoms with Gasteiger partial charge in [-0.05, 0) is 18.2 Å². The van der Waals surface area contributed by atoms with E-state index in [0.29, 0.717) is 29.5 Å². The van der Waals surface area contributed by atoms with E-state index in [0.717, 1.165) is 22.2 Å². The number of amidine groups is 1. The third kappa shape index (κ3) is 2.65. The number of aliphatic hydroxyl groups excluding tert-OH is 1. The standard InChI is InChI=1S/C20H19N5O/c1-25(2)19(21)13-8-9-15-16(10-13)24-20(23-15)14-11-22-17(18(14)26)12-6-4-3-5-7-12/h3-10,21,26H,11H2,1-2H3,(H,23,24). The van der Waals surface area contributed by atoms with E-state index < -0.39 is 0 Å². The molecule has 0 spiro atoms. The van der Waals surface area contributed by atoms with Crippen molar-refractivity contribution in [1.29, 1.82) is 5.41 Å². The van der Waals surface area contributed by atoms with Crippen molar-refractivity contribution in [3.8, 4) is 0 Å². The van der Waals surface area contributed by atoms with E-state index in [1.165, 1.54) is 0 Å². The quantitative estimate of drug-likeness (QED) is 0.503. The van der Waals surface area contributed by atoms with Crippen LogP contribution in [-0.2, 0) is 0 Å². The first-order valence-corrected chi connectivity index (χ1v) is 8.33. The average Bonchev–Trinajstić information content (AvgIpc) is 3.24. The monoisotopic (exact) mass is 345 g/mol. The number of aliphatic hydroxyl groups is 1. The van der Waals surface area contributed by atoms with Crippen LogP contribution in [0.5, 0.6) is 0 Å². The molecule has 2 aromatic carbocycles. The molecule has 2 heterocycles. The maximum atomic E-state index is 10.6. The van der Waals surface area contributed by atoms with E-state index in [4.69, 9.17) is 5.41 Å². The van der Waals surface area contributed by atoms with Gasteiger partial charge in [0.05, 0.1) is 23.2 Å². The van der Waals surface area contributed by atoms with E-state index in [9.17, 15) is 5.11 Å². The predicted octanol–water partition coefficient (Wildman–Crippen LogP) is 3.22. The number of hydrogen-bond acceptors (Lipinski definition) is 4. The van der Waals surface area contributed by atoms with Gasteiger partial charge in [-0.25, -0.2) is 4.98 Å². The van der Waals surface area contributed by atoms with E-state index in [2.05, 4.69) is 15.0 Å². The number of hydrogen-bond donors (Lipinski definition) is 3. The van der Waals surface area contributed by atoms with Crippen LogP contribution < -0.4 is 0 Å². The molecule has 0 bridgehead atoms. The minimum Gasteiger partial charge on any atom is -0.505 e. The summed E-state index contributed by atoms with van der Waals surface area (Å²) < 4.78 is 0. The zero-order chi connectivity index (χ0) is 18.3. The fourth-order valence-corrected chi connectivity index (χ4v) is 3.02. The van der Waals surface area contributed by atoms with Crippen LogP contribution in [-0.4, -0.2) is 52.2 Å². The molecule has 6 heteroatoms. The van der Waals surface area contributed by atoms with Gasteiger partial charge in [0.15, 0.2) is 0 Å². The number of aromatic amines is 1. The molecule has 0 radical (unpaired) electrons. The maximum absolute atomic E-state index is 10.6. The third-order valence-corrected chi connectivity index (χ3v) is 4.44. The van der Waals surface area contributed by atoms with E-state index >= 15 is 0 Å². The molecule has 1 aliphatic rings. The number of nitrogens with zero attached hydrogens (tertiary/aromatic N) is 3. The lowest BCUT2D eigenvalue weighted by atomic mass is 10.1. The number of aromatic nitrogens is 2. The lowest BCUT2D eigenvalue weighted by Gasteiger charge is -2.13. The minimum atomic E-state index is 0.163. The van der Waals surface area contributed by atoms with Crippen molar-refractivity contribution in [1.82, 2.24) is 14.9 Å². The van der Waals surface area contributed by atoms with Crippen molar-refractivity contribution in [3.05, 3.63) is 71.2 Å². The Kier molecular flexibility index (Phi) is 3.80. The van der Waals surface area contributed by atoms with Crippen LogP contribution in [0.3, 0.4) is 0 Å². The van der Waals surface area contributed by atoms with Crippen molar-refractivity contribution >= 4 is 28.2 Å². The molecule has 0 saturated heterocycles. The third-order valence-electron chi connectivity index (χ3n) is 4.44. The first-order valence-electron chi connectivity index (χ1n) is 8.33. The molecule has 1 aliphatic heterocycles. The summed E-state index contributed by atoms with van der Waals surface area (Å²) >= 11 is 0. The highest BCUT2D eigenvalue weighted by atomic mass is 16.3. The van der Waals surface area contributed by atoms with Crippen molar-refractivity contribution < 1.29 is 5.11 Å². The largest absolute Gasteiger partial charge is 0.505 e. The Labute approximate surface area is 151 Å². The molecule has 6 nitrogen and oxygen atoms in total. The van der Waals surface area contributed by atoms with Gasteiger partial charge in [0.25, 0.3) is 0 Å². The number of imidazole rings is 1. The minimum absolute atomic E-state index is 0.163. The second-order valence-electron chi connectivity index (χ2n) is 6.42. The predicted molar refractivity (Wildman–Crippen MR) is 104 cm³/mol. The number of aliphatic imine (C=N–C) groups is 1. The summed E-state index contributed by atoms with van der Waals surface area (Å²) in [5.74, 6) is 1.21. The molecule has 3 N–H and O–H groups in total. The molecule has 0 aliphatic carbocycles. The fraction of sp³-hybridized carbons (Fsp3) is 0.150. The van der Waals surface area contributed by atoms with Crippen LogP contribution >= 0.6 is 0 Å². The molecule has 0 unspecified atom stereocenters. The van der Waals surface area contributed by atoms with Gasteiger partial charge in [-0.2, -0.15) is 0 Å². The Morgan fingerprint density at radius 1 is 1.15 bits per heavy atom. The summed E-state index contributed by atoms with van der Waals surface area (Å²) in [5.41, 5.74) is 4.60. The van der Waals surface area contributed by atoms with Crippen molar-refractivity contribution in [2.45, 2.75) is 0 Å². The van der Waals surface area contributed by atoms with Gasteiger partial charge in [0.2, 0.25) is 0 Å². The first-order chi connectivity index (χ1) is 12.5. The van der Waals surface area contributed by atoms with Crippen molar-refractivity contribution in [2.24, 2.45) is 4.99 Å². The van der Waals surface area contributed by atoms with E-state index in [1.807, 2.05) is 62.6 Å². The zero-order valence-corrected chi connectivity index (χ0v) is 14.6. The molecule has 0 atom stereocenters. The molecule has 130 valence electrons. The second kappa shape index (κ2) is 6.15. The van der Waals surface area contributed by atoms with Crippen molar-refractivity contribution in [3.63, 3.8) is 0 Å². The van der Waals surface area contributed by atoms with Crippen molar-refractivity contribution in [2.75, 3.05) is 20.6 Å². The second-order valence-corrected chi connectivity index (χ2v) is 6.42. The summed E-state index contributed by atoms with van der Waals surface area (Å²) in [6.07, 6.45) is 0. The smallest absolute Gasteiger partial charge is 0.150 e. The molecule has 3 aromatic rings. The molecular formula is C20H19N5O. The number of nitrogens with one attached hydrogen (secondary N) is 2. The van der Waals surface area contributed by atoms with Gasteiger partial charge in [-0.3, -0.25) is 10.4 Å². The lowest BCUT2D eigenvalue weighted by Crippen LogP contribution is -2.21. The SMILES string of the molecule is CN(C)C(=N)c1ccc2nc(C3=C(O)C(c4ccccc4)=NC3)[nH]c2c1. The van der Waals surface area contributed by atoms with Crippen LogP contribution in [0.1, 0.15) is 17.0 Å². The van der Waals surface area contributed by atoms with Gasteiger partial charge in [0.1, 0.15) is 23.1 Å². The summed E-state index contributed by atoms with van der Waals surface area (Å²) in [6, 6.07) is 15.3. The Morgan fingerprint density at radius 2 is 1.92 bits per heavy atom. The Hall–Kier alpha value is -3.41. The highest BCUT2D eigenvalue weighted by Crippen LogP contribution is 2.27. The highest BCUT2D eigenvalue weighted by molar-refractivity contribution is 6.17. The number of H-pyrrole nitrogens is 1. The molecule has 1 aromatic heterocycles. The van der Waals surface area contributed by atoms with Gasteiger partial charge >= 0.3 is 0 Å². The number of benzene rings is 2. The molecule has 0 amide bonds. The molecule has 0 saturated carbocycles. The van der Waals surface area contributed by atoms with E-state index in [1.54, 1.807) is 4.90 Å². The molecule has 0 fully saturated rings. The molecule has 26 heavy (non-hydrogen) atoms. The van der Waals surface area contributed by atoms with Gasteiger partial charge < -0.3 is 15.0 Å². The summed E-state index contributed by atoms with van der Waals surface area (Å²) in [4.78, 5) is 14.1. The summed E-state index contributed by atoms with van der Waals surface area (Å²) in [5, 5.41) is 18.8. The first kappa shape index (κ1) is 16.1. The topological polar surface area (TPSA) is 88.4 Å². The van der Waals surface area contributed by atoms with E-state index in [-0.39, 0.29) is 5.76 Å². The number of fused-ring (bicyclic) bond motifs is 1. The summed E-state index contributed by atoms with van der Waals surface area (Å²) in [7, 11) is 3.68. The van der Waals surface area contributed by atoms with Crippen LogP contribution in [0.15, 0.2) is 59.3 Å². The van der Waals surface area contributed by atoms with Crippen LogP contribution in [0.2, 0.25) is 0 Å². The Balaban J connectivity index is 1.71.